The van der Waals surface area contributed by atoms with Crippen LogP contribution in [0.4, 0.5) is 11.6 Å². The van der Waals surface area contributed by atoms with E-state index in [1.54, 1.807) is 6.07 Å². The predicted molar refractivity (Wildman–Crippen MR) is 73.0 cm³/mol. The van der Waals surface area contributed by atoms with E-state index in [9.17, 15) is 0 Å². The molecule has 4 heteroatoms. The molecule has 1 heterocycles. The Morgan fingerprint density at radius 2 is 2.00 bits per heavy atom. The molecular formula is C13H24N4. The average molecular weight is 236 g/mol. The van der Waals surface area contributed by atoms with Crippen LogP contribution >= 0.6 is 0 Å². The van der Waals surface area contributed by atoms with Gasteiger partial charge in [-0.1, -0.05) is 27.2 Å². The first-order valence-corrected chi connectivity index (χ1v) is 6.46. The molecule has 1 aromatic heterocycles. The van der Waals surface area contributed by atoms with Gasteiger partial charge in [-0.2, -0.15) is 0 Å². The zero-order valence-electron chi connectivity index (χ0n) is 11.3. The topological polar surface area (TPSA) is 63.8 Å². The summed E-state index contributed by atoms with van der Waals surface area (Å²) in [7, 11) is 0. The lowest BCUT2D eigenvalue weighted by Crippen LogP contribution is -2.24. The molecule has 0 saturated heterocycles. The Kier molecular flexibility index (Phi) is 5.19. The second-order valence-corrected chi connectivity index (χ2v) is 4.66. The predicted octanol–water partition coefficient (Wildman–Crippen LogP) is 2.86. The molecule has 3 N–H and O–H groups in total. The first-order chi connectivity index (χ1) is 8.06. The molecular weight excluding hydrogens is 212 g/mol. The summed E-state index contributed by atoms with van der Waals surface area (Å²) in [6.45, 7) is 8.71. The van der Waals surface area contributed by atoms with Gasteiger partial charge in [-0.25, -0.2) is 9.97 Å². The Hall–Kier alpha value is -1.32. The van der Waals surface area contributed by atoms with Crippen LogP contribution < -0.4 is 11.1 Å². The van der Waals surface area contributed by atoms with Gasteiger partial charge in [0.15, 0.2) is 0 Å². The van der Waals surface area contributed by atoms with Crippen LogP contribution in [0.5, 0.6) is 0 Å². The molecule has 0 aliphatic heterocycles. The lowest BCUT2D eigenvalue weighted by molar-refractivity contribution is 0.493. The van der Waals surface area contributed by atoms with E-state index in [1.807, 2.05) is 0 Å². The monoisotopic (exact) mass is 236 g/mol. The van der Waals surface area contributed by atoms with Gasteiger partial charge in [0.05, 0.1) is 0 Å². The molecule has 1 aromatic rings. The van der Waals surface area contributed by atoms with Crippen molar-refractivity contribution in [3.05, 3.63) is 11.9 Å². The molecule has 2 unspecified atom stereocenters. The van der Waals surface area contributed by atoms with Crippen molar-refractivity contribution in [2.24, 2.45) is 5.92 Å². The lowest BCUT2D eigenvalue weighted by atomic mass is 10.0. The molecule has 0 aromatic carbocycles. The molecule has 17 heavy (non-hydrogen) atoms. The molecule has 0 aliphatic carbocycles. The summed E-state index contributed by atoms with van der Waals surface area (Å²) in [5.41, 5.74) is 5.78. The molecule has 0 radical (unpaired) electrons. The van der Waals surface area contributed by atoms with Gasteiger partial charge in [-0.05, 0) is 19.3 Å². The number of nitrogens with one attached hydrogen (secondary N) is 1. The molecule has 96 valence electrons. The van der Waals surface area contributed by atoms with E-state index in [1.165, 1.54) is 0 Å². The van der Waals surface area contributed by atoms with Crippen LogP contribution in [0.1, 0.15) is 46.4 Å². The summed E-state index contributed by atoms with van der Waals surface area (Å²) in [5.74, 6) is 2.82. The second kappa shape index (κ2) is 6.42. The second-order valence-electron chi connectivity index (χ2n) is 4.66. The molecule has 0 fully saturated rings. The summed E-state index contributed by atoms with van der Waals surface area (Å²) in [5, 5.41) is 3.40. The first-order valence-electron chi connectivity index (χ1n) is 6.46. The average Bonchev–Trinajstić information content (AvgIpc) is 2.27. The molecule has 0 spiro atoms. The van der Waals surface area contributed by atoms with Crippen LogP contribution in [0, 0.1) is 5.92 Å². The maximum Gasteiger partial charge on any atom is 0.133 e. The van der Waals surface area contributed by atoms with E-state index in [0.717, 1.165) is 30.9 Å². The number of anilines is 2. The normalized spacial score (nSPS) is 14.4. The van der Waals surface area contributed by atoms with E-state index in [0.29, 0.717) is 17.8 Å². The minimum atomic E-state index is 0.392. The maximum absolute atomic E-state index is 5.78. The van der Waals surface area contributed by atoms with E-state index in [2.05, 4.69) is 43.0 Å². The molecule has 2 atom stereocenters. The summed E-state index contributed by atoms with van der Waals surface area (Å²) < 4.78 is 0. The fourth-order valence-corrected chi connectivity index (χ4v) is 1.66. The van der Waals surface area contributed by atoms with Crippen molar-refractivity contribution < 1.29 is 0 Å². The number of hydrogen-bond acceptors (Lipinski definition) is 4. The Bertz CT molecular complexity index is 351. The number of rotatable bonds is 6. The van der Waals surface area contributed by atoms with Crippen LogP contribution in [-0.2, 0) is 6.42 Å². The number of nitrogens with zero attached hydrogens (tertiary/aromatic N) is 2. The molecule has 0 saturated carbocycles. The Morgan fingerprint density at radius 1 is 1.29 bits per heavy atom. The minimum absolute atomic E-state index is 0.392. The number of aryl methyl sites for hydroxylation is 1. The van der Waals surface area contributed by atoms with Gasteiger partial charge in [-0.3, -0.25) is 0 Å². The molecule has 0 amide bonds. The number of hydrogen-bond donors (Lipinski definition) is 2. The van der Waals surface area contributed by atoms with Gasteiger partial charge in [0.25, 0.3) is 0 Å². The Balaban J connectivity index is 2.76. The number of aromatic nitrogens is 2. The van der Waals surface area contributed by atoms with Gasteiger partial charge >= 0.3 is 0 Å². The van der Waals surface area contributed by atoms with Crippen molar-refractivity contribution >= 4 is 11.6 Å². The van der Waals surface area contributed by atoms with Crippen molar-refractivity contribution in [1.29, 1.82) is 0 Å². The van der Waals surface area contributed by atoms with E-state index in [-0.39, 0.29) is 0 Å². The van der Waals surface area contributed by atoms with E-state index >= 15 is 0 Å². The first kappa shape index (κ1) is 13.7. The van der Waals surface area contributed by atoms with Gasteiger partial charge < -0.3 is 11.1 Å². The highest BCUT2D eigenvalue weighted by atomic mass is 15.1. The quantitative estimate of drug-likeness (QED) is 0.797. The summed E-state index contributed by atoms with van der Waals surface area (Å²) in [6, 6.07) is 2.20. The van der Waals surface area contributed by atoms with E-state index < -0.39 is 0 Å². The third kappa shape index (κ3) is 4.21. The minimum Gasteiger partial charge on any atom is -0.384 e. The summed E-state index contributed by atoms with van der Waals surface area (Å²) in [6.07, 6.45) is 3.05. The van der Waals surface area contributed by atoms with Gasteiger partial charge in [0.1, 0.15) is 17.5 Å². The zero-order chi connectivity index (χ0) is 12.8. The van der Waals surface area contributed by atoms with Crippen LogP contribution in [0.3, 0.4) is 0 Å². The molecule has 4 nitrogen and oxygen atoms in total. The number of nitrogen functional groups attached to an aromatic ring is 1. The highest BCUT2D eigenvalue weighted by Crippen LogP contribution is 2.15. The Morgan fingerprint density at radius 3 is 2.59 bits per heavy atom. The van der Waals surface area contributed by atoms with Gasteiger partial charge in [-0.15, -0.1) is 0 Å². The third-order valence-electron chi connectivity index (χ3n) is 3.14. The summed E-state index contributed by atoms with van der Waals surface area (Å²) in [4.78, 5) is 8.70. The fraction of sp³-hybridized carbons (Fsp3) is 0.692. The molecule has 0 bridgehead atoms. The van der Waals surface area contributed by atoms with Crippen LogP contribution in [0.25, 0.3) is 0 Å². The van der Waals surface area contributed by atoms with Gasteiger partial charge in [0, 0.05) is 18.5 Å². The van der Waals surface area contributed by atoms with Crippen LogP contribution in [0.2, 0.25) is 0 Å². The highest BCUT2D eigenvalue weighted by Gasteiger charge is 2.11. The molecule has 1 rings (SSSR count). The third-order valence-corrected chi connectivity index (χ3v) is 3.14. The van der Waals surface area contributed by atoms with Crippen molar-refractivity contribution in [1.82, 2.24) is 9.97 Å². The SMILES string of the molecule is CCCc1nc(N)cc(NC(C)C(C)CC)n1. The zero-order valence-corrected chi connectivity index (χ0v) is 11.3. The van der Waals surface area contributed by atoms with Crippen LogP contribution in [-0.4, -0.2) is 16.0 Å². The number of nitrogens with two attached hydrogens (primary N) is 1. The Labute approximate surface area is 104 Å². The maximum atomic E-state index is 5.78. The van der Waals surface area contributed by atoms with Crippen molar-refractivity contribution in [3.8, 4) is 0 Å². The molecule has 0 aliphatic rings. The van der Waals surface area contributed by atoms with Crippen molar-refractivity contribution in [2.75, 3.05) is 11.1 Å². The smallest absolute Gasteiger partial charge is 0.133 e. The van der Waals surface area contributed by atoms with Crippen molar-refractivity contribution in [3.63, 3.8) is 0 Å². The fourth-order valence-electron chi connectivity index (χ4n) is 1.66. The highest BCUT2D eigenvalue weighted by molar-refractivity contribution is 5.45. The van der Waals surface area contributed by atoms with E-state index in [4.69, 9.17) is 5.73 Å². The largest absolute Gasteiger partial charge is 0.384 e. The lowest BCUT2D eigenvalue weighted by Gasteiger charge is -2.20. The standard InChI is InChI=1S/C13H24N4/c1-5-7-12-16-11(14)8-13(17-12)15-10(4)9(3)6-2/h8-10H,5-7H2,1-4H3,(H3,14,15,16,17). The summed E-state index contributed by atoms with van der Waals surface area (Å²) >= 11 is 0. The van der Waals surface area contributed by atoms with Crippen molar-refractivity contribution in [2.45, 2.75) is 53.0 Å². The van der Waals surface area contributed by atoms with Gasteiger partial charge in [0.2, 0.25) is 0 Å². The van der Waals surface area contributed by atoms with Crippen LogP contribution in [0.15, 0.2) is 6.07 Å².